The highest BCUT2D eigenvalue weighted by atomic mass is 79.9. The van der Waals surface area contributed by atoms with E-state index in [0.717, 1.165) is 0 Å². The first kappa shape index (κ1) is 14.9. The van der Waals surface area contributed by atoms with E-state index in [0.29, 0.717) is 10.3 Å². The molecule has 0 bridgehead atoms. The highest BCUT2D eigenvalue weighted by Crippen LogP contribution is 2.18. The largest absolute Gasteiger partial charge is 0.411 e. The Morgan fingerprint density at radius 1 is 1.50 bits per heavy atom. The van der Waals surface area contributed by atoms with Gasteiger partial charge in [0.25, 0.3) is 0 Å². The molecule has 100 valence electrons. The molecule has 1 aromatic rings. The van der Waals surface area contributed by atoms with E-state index < -0.39 is 18.7 Å². The highest BCUT2D eigenvalue weighted by Gasteiger charge is 2.27. The van der Waals surface area contributed by atoms with Crippen molar-refractivity contribution < 1.29 is 22.7 Å². The van der Waals surface area contributed by atoms with Crippen LogP contribution in [0.25, 0.3) is 0 Å². The van der Waals surface area contributed by atoms with Crippen molar-refractivity contribution in [3.63, 3.8) is 0 Å². The van der Waals surface area contributed by atoms with Crippen LogP contribution in [0.3, 0.4) is 0 Å². The first-order valence-electron chi connectivity index (χ1n) is 4.93. The van der Waals surface area contributed by atoms with E-state index in [1.807, 2.05) is 0 Å². The van der Waals surface area contributed by atoms with Gasteiger partial charge in [-0.25, -0.2) is 4.98 Å². The summed E-state index contributed by atoms with van der Waals surface area (Å²) in [6.07, 6.45) is -2.99. The molecule has 1 amide bonds. The van der Waals surface area contributed by atoms with Crippen LogP contribution in [0.1, 0.15) is 6.42 Å². The predicted octanol–water partition coefficient (Wildman–Crippen LogP) is 2.75. The predicted molar refractivity (Wildman–Crippen MR) is 62.1 cm³/mol. The Balaban J connectivity index is 2.29. The number of alkyl halides is 3. The van der Waals surface area contributed by atoms with Gasteiger partial charge in [0, 0.05) is 6.20 Å². The summed E-state index contributed by atoms with van der Waals surface area (Å²) in [6.45, 7) is -1.64. The smallest absolute Gasteiger partial charge is 0.372 e. The van der Waals surface area contributed by atoms with Gasteiger partial charge in [0.15, 0.2) is 0 Å². The van der Waals surface area contributed by atoms with E-state index in [-0.39, 0.29) is 13.0 Å². The van der Waals surface area contributed by atoms with Gasteiger partial charge in [-0.3, -0.25) is 4.79 Å². The first-order chi connectivity index (χ1) is 8.38. The Morgan fingerprint density at radius 2 is 2.22 bits per heavy atom. The highest BCUT2D eigenvalue weighted by molar-refractivity contribution is 9.10. The molecule has 18 heavy (non-hydrogen) atoms. The van der Waals surface area contributed by atoms with Gasteiger partial charge in [0.1, 0.15) is 11.2 Å². The molecule has 0 radical (unpaired) electrons. The number of rotatable bonds is 5. The fourth-order valence-corrected chi connectivity index (χ4v) is 1.39. The van der Waals surface area contributed by atoms with Gasteiger partial charge < -0.3 is 10.1 Å². The Kier molecular flexibility index (Phi) is 5.54. The average Bonchev–Trinajstić information content (AvgIpc) is 2.26. The summed E-state index contributed by atoms with van der Waals surface area (Å²) in [6, 6.07) is 3.24. The van der Waals surface area contributed by atoms with Crippen LogP contribution >= 0.6 is 15.9 Å². The lowest BCUT2D eigenvalue weighted by atomic mass is 10.3. The van der Waals surface area contributed by atoms with Crippen molar-refractivity contribution in [1.29, 1.82) is 0 Å². The number of nitrogens with zero attached hydrogens (tertiary/aromatic N) is 1. The SMILES string of the molecule is O=C(CCOCC(F)(F)F)Nc1cccnc1Br. The molecule has 0 atom stereocenters. The second kappa shape index (κ2) is 6.69. The lowest BCUT2D eigenvalue weighted by Crippen LogP contribution is -2.20. The number of hydrogen-bond acceptors (Lipinski definition) is 3. The summed E-state index contributed by atoms with van der Waals surface area (Å²) in [5.74, 6) is -0.439. The summed E-state index contributed by atoms with van der Waals surface area (Å²) in [7, 11) is 0. The van der Waals surface area contributed by atoms with E-state index in [1.54, 1.807) is 12.1 Å². The van der Waals surface area contributed by atoms with Crippen LogP contribution in [0.15, 0.2) is 22.9 Å². The van der Waals surface area contributed by atoms with Gasteiger partial charge >= 0.3 is 6.18 Å². The molecule has 0 saturated heterocycles. The molecule has 0 aliphatic rings. The number of amides is 1. The van der Waals surface area contributed by atoms with Crippen LogP contribution in [-0.4, -0.2) is 30.3 Å². The van der Waals surface area contributed by atoms with Gasteiger partial charge in [0.2, 0.25) is 5.91 Å². The second-order valence-electron chi connectivity index (χ2n) is 3.31. The topological polar surface area (TPSA) is 51.2 Å². The van der Waals surface area contributed by atoms with Crippen LogP contribution in [0.5, 0.6) is 0 Å². The van der Waals surface area contributed by atoms with Crippen molar-refractivity contribution in [3.05, 3.63) is 22.9 Å². The Bertz CT molecular complexity index is 412. The van der Waals surface area contributed by atoms with Gasteiger partial charge in [-0.05, 0) is 28.1 Å². The molecule has 0 unspecified atom stereocenters. The van der Waals surface area contributed by atoms with Crippen LogP contribution < -0.4 is 5.32 Å². The number of ether oxygens (including phenoxy) is 1. The average molecular weight is 327 g/mol. The van der Waals surface area contributed by atoms with Crippen LogP contribution in [0.2, 0.25) is 0 Å². The molecule has 1 rings (SSSR count). The van der Waals surface area contributed by atoms with Crippen molar-refractivity contribution in [2.24, 2.45) is 0 Å². The second-order valence-corrected chi connectivity index (χ2v) is 4.06. The first-order valence-corrected chi connectivity index (χ1v) is 5.72. The van der Waals surface area contributed by atoms with E-state index in [9.17, 15) is 18.0 Å². The zero-order valence-electron chi connectivity index (χ0n) is 9.13. The van der Waals surface area contributed by atoms with E-state index >= 15 is 0 Å². The number of carbonyl (C=O) groups excluding carboxylic acids is 1. The summed E-state index contributed by atoms with van der Waals surface area (Å²) < 4.78 is 40.0. The minimum atomic E-state index is -4.37. The van der Waals surface area contributed by atoms with Crippen molar-refractivity contribution in [2.75, 3.05) is 18.5 Å². The Labute approximate surface area is 110 Å². The number of aromatic nitrogens is 1. The third kappa shape index (κ3) is 5.97. The van der Waals surface area contributed by atoms with Crippen molar-refractivity contribution in [1.82, 2.24) is 4.98 Å². The molecule has 0 aliphatic carbocycles. The lowest BCUT2D eigenvalue weighted by molar-refractivity contribution is -0.174. The molecule has 8 heteroatoms. The van der Waals surface area contributed by atoms with Gasteiger partial charge in [0.05, 0.1) is 18.7 Å². The molecule has 4 nitrogen and oxygen atoms in total. The summed E-state index contributed by atoms with van der Waals surface area (Å²) in [5.41, 5.74) is 0.457. The zero-order chi connectivity index (χ0) is 13.6. The fraction of sp³-hybridized carbons (Fsp3) is 0.400. The number of halogens is 4. The molecule has 0 fully saturated rings. The number of hydrogen-bond donors (Lipinski definition) is 1. The minimum Gasteiger partial charge on any atom is -0.372 e. The monoisotopic (exact) mass is 326 g/mol. The molecule has 0 spiro atoms. The van der Waals surface area contributed by atoms with E-state index in [4.69, 9.17) is 0 Å². The molecular formula is C10H10BrF3N2O2. The molecule has 0 aromatic carbocycles. The van der Waals surface area contributed by atoms with E-state index in [2.05, 4.69) is 31.0 Å². The third-order valence-corrected chi connectivity index (χ3v) is 2.40. The van der Waals surface area contributed by atoms with Crippen LogP contribution in [0.4, 0.5) is 18.9 Å². The molecule has 1 N–H and O–H groups in total. The number of nitrogens with one attached hydrogen (secondary N) is 1. The third-order valence-electron chi connectivity index (χ3n) is 1.77. The molecule has 0 aliphatic heterocycles. The minimum absolute atomic E-state index is 0.155. The maximum absolute atomic E-state index is 11.7. The summed E-state index contributed by atoms with van der Waals surface area (Å²) >= 11 is 3.13. The molecule has 0 saturated carbocycles. The maximum Gasteiger partial charge on any atom is 0.411 e. The summed E-state index contributed by atoms with van der Waals surface area (Å²) in [4.78, 5) is 15.3. The molecule has 1 heterocycles. The Hall–Kier alpha value is -1.15. The van der Waals surface area contributed by atoms with Crippen molar-refractivity contribution >= 4 is 27.5 Å². The van der Waals surface area contributed by atoms with Gasteiger partial charge in [-0.2, -0.15) is 13.2 Å². The standard InChI is InChI=1S/C10H10BrF3N2O2/c11-9-7(2-1-4-15-9)16-8(17)3-5-18-6-10(12,13)14/h1-2,4H,3,5-6H2,(H,16,17). The number of pyridine rings is 1. The van der Waals surface area contributed by atoms with E-state index in [1.165, 1.54) is 6.20 Å². The van der Waals surface area contributed by atoms with Crippen LogP contribution in [-0.2, 0) is 9.53 Å². The van der Waals surface area contributed by atoms with Gasteiger partial charge in [-0.1, -0.05) is 0 Å². The van der Waals surface area contributed by atoms with Gasteiger partial charge in [-0.15, -0.1) is 0 Å². The summed E-state index contributed by atoms with van der Waals surface area (Å²) in [5, 5.41) is 2.50. The molecule has 1 aromatic heterocycles. The zero-order valence-corrected chi connectivity index (χ0v) is 10.7. The lowest BCUT2D eigenvalue weighted by Gasteiger charge is -2.08. The number of anilines is 1. The quantitative estimate of drug-likeness (QED) is 0.668. The van der Waals surface area contributed by atoms with Crippen LogP contribution in [0, 0.1) is 0 Å². The van der Waals surface area contributed by atoms with Crippen molar-refractivity contribution in [3.8, 4) is 0 Å². The van der Waals surface area contributed by atoms with Crippen molar-refractivity contribution in [2.45, 2.75) is 12.6 Å². The Morgan fingerprint density at radius 3 is 2.83 bits per heavy atom. The maximum atomic E-state index is 11.7. The normalized spacial score (nSPS) is 11.3. The fourth-order valence-electron chi connectivity index (χ4n) is 1.04. The number of carbonyl (C=O) groups is 1. The molecular weight excluding hydrogens is 317 g/mol.